The zero-order valence-electron chi connectivity index (χ0n) is 17.8. The van der Waals surface area contributed by atoms with Gasteiger partial charge in [0.2, 0.25) is 0 Å². The van der Waals surface area contributed by atoms with Gasteiger partial charge in [0.25, 0.3) is 5.91 Å². The van der Waals surface area contributed by atoms with E-state index in [-0.39, 0.29) is 11.7 Å². The van der Waals surface area contributed by atoms with E-state index in [1.807, 2.05) is 73.1 Å². The van der Waals surface area contributed by atoms with Gasteiger partial charge >= 0.3 is 0 Å². The molecule has 0 radical (unpaired) electrons. The van der Waals surface area contributed by atoms with E-state index in [0.717, 1.165) is 28.1 Å². The van der Waals surface area contributed by atoms with E-state index in [0.29, 0.717) is 17.8 Å². The molecule has 0 saturated heterocycles. The Bertz CT molecular complexity index is 1200. The van der Waals surface area contributed by atoms with Crippen LogP contribution in [0.5, 0.6) is 0 Å². The van der Waals surface area contributed by atoms with Gasteiger partial charge in [-0.1, -0.05) is 60.2 Å². The van der Waals surface area contributed by atoms with Crippen molar-refractivity contribution in [1.29, 1.82) is 0 Å². The second-order valence-corrected chi connectivity index (χ2v) is 7.71. The fourth-order valence-corrected chi connectivity index (χ4v) is 3.62. The number of carbonyl (C=O) groups is 1. The molecule has 0 saturated carbocycles. The van der Waals surface area contributed by atoms with Gasteiger partial charge in [-0.2, -0.15) is 5.10 Å². The lowest BCUT2D eigenvalue weighted by atomic mass is 10.0. The molecule has 4 aromatic rings. The maximum absolute atomic E-state index is 13.5. The second kappa shape index (κ2) is 8.56. The first-order valence-corrected chi connectivity index (χ1v) is 10.2. The molecule has 0 aliphatic rings. The van der Waals surface area contributed by atoms with E-state index in [2.05, 4.69) is 0 Å². The van der Waals surface area contributed by atoms with Crippen LogP contribution in [0.25, 0.3) is 16.9 Å². The quantitative estimate of drug-likeness (QED) is 0.429. The number of benzene rings is 3. The number of hydrogen-bond donors (Lipinski definition) is 0. The van der Waals surface area contributed by atoms with Crippen LogP contribution in [0.1, 0.15) is 27.2 Å². The van der Waals surface area contributed by atoms with Gasteiger partial charge in [0.05, 0.1) is 16.9 Å². The van der Waals surface area contributed by atoms with Crippen LogP contribution >= 0.6 is 0 Å². The molecule has 4 nitrogen and oxygen atoms in total. The minimum Gasteiger partial charge on any atom is -0.337 e. The third-order valence-electron chi connectivity index (χ3n) is 5.34. The molecule has 1 aromatic heterocycles. The first-order valence-electron chi connectivity index (χ1n) is 10.2. The summed E-state index contributed by atoms with van der Waals surface area (Å²) in [5.41, 5.74) is 5.79. The molecular weight excluding hydrogens is 389 g/mol. The lowest BCUT2D eigenvalue weighted by Crippen LogP contribution is -2.27. The third kappa shape index (κ3) is 4.26. The molecule has 4 rings (SSSR count). The van der Waals surface area contributed by atoms with Crippen LogP contribution in [0.3, 0.4) is 0 Å². The van der Waals surface area contributed by atoms with Crippen LogP contribution in [0.2, 0.25) is 0 Å². The largest absolute Gasteiger partial charge is 0.337 e. The molecule has 0 aliphatic heterocycles. The molecule has 1 amide bonds. The average Bonchev–Trinajstić information content (AvgIpc) is 3.13. The summed E-state index contributed by atoms with van der Waals surface area (Å²) in [4.78, 5) is 15.2. The van der Waals surface area contributed by atoms with E-state index >= 15 is 0 Å². The lowest BCUT2D eigenvalue weighted by Gasteiger charge is -2.18. The van der Waals surface area contributed by atoms with E-state index in [9.17, 15) is 9.18 Å². The SMILES string of the molecule is Cc1ccc(-c2nn(-c3ccccc3)c(C)c2C(=O)N(C)Cc2ccc(F)cc2)cc1. The Morgan fingerprint density at radius 1 is 0.935 bits per heavy atom. The number of para-hydroxylation sites is 1. The molecule has 0 unspecified atom stereocenters. The highest BCUT2D eigenvalue weighted by atomic mass is 19.1. The molecule has 0 fully saturated rings. The summed E-state index contributed by atoms with van der Waals surface area (Å²) in [7, 11) is 1.75. The number of nitrogens with zero attached hydrogens (tertiary/aromatic N) is 3. The minimum atomic E-state index is -0.292. The molecular formula is C26H24FN3O. The van der Waals surface area contributed by atoms with Crippen LogP contribution in [0.15, 0.2) is 78.9 Å². The summed E-state index contributed by atoms with van der Waals surface area (Å²) < 4.78 is 15.1. The van der Waals surface area contributed by atoms with E-state index in [1.165, 1.54) is 12.1 Å². The van der Waals surface area contributed by atoms with Gasteiger partial charge in [0.1, 0.15) is 11.5 Å². The molecule has 0 N–H and O–H groups in total. The van der Waals surface area contributed by atoms with Crippen molar-refractivity contribution in [3.05, 3.63) is 107 Å². The van der Waals surface area contributed by atoms with Crippen LogP contribution in [0.4, 0.5) is 4.39 Å². The van der Waals surface area contributed by atoms with Gasteiger partial charge < -0.3 is 4.90 Å². The Hall–Kier alpha value is -3.73. The number of amides is 1. The number of aryl methyl sites for hydroxylation is 1. The summed E-state index contributed by atoms with van der Waals surface area (Å²) in [6, 6.07) is 24.0. The first kappa shape index (κ1) is 20.5. The van der Waals surface area contributed by atoms with Gasteiger partial charge in [-0.15, -0.1) is 0 Å². The molecule has 5 heteroatoms. The highest BCUT2D eigenvalue weighted by Gasteiger charge is 2.25. The van der Waals surface area contributed by atoms with Crippen molar-refractivity contribution in [3.63, 3.8) is 0 Å². The summed E-state index contributed by atoms with van der Waals surface area (Å²) >= 11 is 0. The highest BCUT2D eigenvalue weighted by Crippen LogP contribution is 2.29. The zero-order chi connectivity index (χ0) is 22.0. The molecule has 0 aliphatic carbocycles. The number of halogens is 1. The Kier molecular flexibility index (Phi) is 5.67. The van der Waals surface area contributed by atoms with Gasteiger partial charge in [-0.05, 0) is 43.7 Å². The molecule has 31 heavy (non-hydrogen) atoms. The van der Waals surface area contributed by atoms with Crippen molar-refractivity contribution < 1.29 is 9.18 Å². The smallest absolute Gasteiger partial charge is 0.258 e. The lowest BCUT2D eigenvalue weighted by molar-refractivity contribution is 0.0785. The Balaban J connectivity index is 1.77. The third-order valence-corrected chi connectivity index (χ3v) is 5.34. The van der Waals surface area contributed by atoms with Crippen LogP contribution < -0.4 is 0 Å². The van der Waals surface area contributed by atoms with Crippen molar-refractivity contribution in [2.24, 2.45) is 0 Å². The maximum atomic E-state index is 13.5. The Morgan fingerprint density at radius 3 is 2.23 bits per heavy atom. The predicted molar refractivity (Wildman–Crippen MR) is 121 cm³/mol. The van der Waals surface area contributed by atoms with Crippen molar-refractivity contribution in [1.82, 2.24) is 14.7 Å². The number of aromatic nitrogens is 2. The molecule has 1 heterocycles. The molecule has 0 bridgehead atoms. The van der Waals surface area contributed by atoms with Crippen LogP contribution in [-0.2, 0) is 6.54 Å². The van der Waals surface area contributed by atoms with Crippen molar-refractivity contribution in [2.45, 2.75) is 20.4 Å². The number of carbonyl (C=O) groups excluding carboxylic acids is 1. The summed E-state index contributed by atoms with van der Waals surface area (Å²) in [6.45, 7) is 4.32. The molecule has 156 valence electrons. The monoisotopic (exact) mass is 413 g/mol. The van der Waals surface area contributed by atoms with Crippen molar-refractivity contribution in [3.8, 4) is 16.9 Å². The fourth-order valence-electron chi connectivity index (χ4n) is 3.62. The highest BCUT2D eigenvalue weighted by molar-refractivity contribution is 6.01. The molecule has 0 atom stereocenters. The molecule has 3 aromatic carbocycles. The van der Waals surface area contributed by atoms with Gasteiger partial charge in [-0.3, -0.25) is 4.79 Å². The number of hydrogen-bond acceptors (Lipinski definition) is 2. The zero-order valence-corrected chi connectivity index (χ0v) is 17.8. The van der Waals surface area contributed by atoms with Gasteiger partial charge in [0.15, 0.2) is 0 Å². The summed E-state index contributed by atoms with van der Waals surface area (Å²) in [6.07, 6.45) is 0. The predicted octanol–water partition coefficient (Wildman–Crippen LogP) is 5.57. The topological polar surface area (TPSA) is 38.1 Å². The first-order chi connectivity index (χ1) is 14.9. The van der Waals surface area contributed by atoms with E-state index in [1.54, 1.807) is 24.1 Å². The molecule has 0 spiro atoms. The minimum absolute atomic E-state index is 0.125. The van der Waals surface area contributed by atoms with E-state index < -0.39 is 0 Å². The van der Waals surface area contributed by atoms with Gasteiger partial charge in [0, 0.05) is 19.2 Å². The van der Waals surface area contributed by atoms with Crippen molar-refractivity contribution in [2.75, 3.05) is 7.05 Å². The fraction of sp³-hybridized carbons (Fsp3) is 0.154. The Morgan fingerprint density at radius 2 is 1.58 bits per heavy atom. The normalized spacial score (nSPS) is 10.8. The average molecular weight is 413 g/mol. The second-order valence-electron chi connectivity index (χ2n) is 7.71. The Labute approximate surface area is 181 Å². The summed E-state index contributed by atoms with van der Waals surface area (Å²) in [5.74, 6) is -0.418. The summed E-state index contributed by atoms with van der Waals surface area (Å²) in [5, 5.41) is 4.82. The van der Waals surface area contributed by atoms with E-state index in [4.69, 9.17) is 5.10 Å². The van der Waals surface area contributed by atoms with Gasteiger partial charge in [-0.25, -0.2) is 9.07 Å². The van der Waals surface area contributed by atoms with Crippen LogP contribution in [-0.4, -0.2) is 27.6 Å². The van der Waals surface area contributed by atoms with Crippen molar-refractivity contribution >= 4 is 5.91 Å². The maximum Gasteiger partial charge on any atom is 0.258 e. The van der Waals surface area contributed by atoms with Crippen LogP contribution in [0, 0.1) is 19.7 Å². The standard InChI is InChI=1S/C26H24FN3O/c1-18-9-13-21(14-10-18)25-24(19(2)30(28-25)23-7-5-4-6-8-23)26(31)29(3)17-20-11-15-22(27)16-12-20/h4-16H,17H2,1-3H3. The number of rotatable bonds is 5.